The highest BCUT2D eigenvalue weighted by Gasteiger charge is 2.36. The van der Waals surface area contributed by atoms with Crippen LogP contribution >= 0.6 is 0 Å². The van der Waals surface area contributed by atoms with Crippen molar-refractivity contribution in [3.05, 3.63) is 35.9 Å². The molecule has 1 amide bonds. The van der Waals surface area contributed by atoms with Crippen LogP contribution in [-0.2, 0) is 21.5 Å². The minimum absolute atomic E-state index is 0.144. The van der Waals surface area contributed by atoms with Crippen molar-refractivity contribution >= 4 is 16.0 Å². The summed E-state index contributed by atoms with van der Waals surface area (Å²) in [5.41, 5.74) is 1.00. The van der Waals surface area contributed by atoms with Crippen LogP contribution in [0.2, 0.25) is 0 Å². The average molecular weight is 283 g/mol. The number of nitrogens with one attached hydrogen (secondary N) is 1. The van der Waals surface area contributed by atoms with Crippen molar-refractivity contribution in [1.29, 1.82) is 0 Å². The van der Waals surface area contributed by atoms with Gasteiger partial charge in [0, 0.05) is 12.5 Å². The third kappa shape index (κ3) is 3.78. The number of carbonyl (C=O) groups excluding carboxylic acids is 1. The van der Waals surface area contributed by atoms with Crippen LogP contribution in [0.4, 0.5) is 0 Å². The summed E-state index contributed by atoms with van der Waals surface area (Å²) in [5.74, 6) is -0.467. The summed E-state index contributed by atoms with van der Waals surface area (Å²) in [6.07, 6.45) is 1.06. The molecule has 1 aliphatic carbocycles. The molecule has 5 nitrogen and oxygen atoms in total. The number of hydrogen-bond acceptors (Lipinski definition) is 3. The predicted octanol–water partition coefficient (Wildman–Crippen LogP) is 1.36. The van der Waals surface area contributed by atoms with Gasteiger partial charge in [-0.15, -0.1) is 0 Å². The van der Waals surface area contributed by atoms with Crippen molar-refractivity contribution < 1.29 is 17.8 Å². The Hall–Kier alpha value is -1.40. The van der Waals surface area contributed by atoms with Crippen LogP contribution in [0.15, 0.2) is 30.3 Å². The van der Waals surface area contributed by atoms with Crippen LogP contribution in [0, 0.1) is 5.92 Å². The van der Waals surface area contributed by atoms with Crippen LogP contribution in [0.25, 0.3) is 0 Å². The zero-order chi connectivity index (χ0) is 13.9. The quantitative estimate of drug-likeness (QED) is 0.817. The zero-order valence-corrected chi connectivity index (χ0v) is 11.3. The summed E-state index contributed by atoms with van der Waals surface area (Å²) < 4.78 is 31.0. The smallest absolute Gasteiger partial charge is 0.267 e. The molecule has 0 radical (unpaired) electrons. The van der Waals surface area contributed by atoms with E-state index in [0.717, 1.165) is 5.56 Å². The first-order chi connectivity index (χ1) is 8.97. The van der Waals surface area contributed by atoms with E-state index >= 15 is 0 Å². The highest BCUT2D eigenvalue weighted by atomic mass is 32.2. The molecule has 1 fully saturated rings. The van der Waals surface area contributed by atoms with E-state index in [-0.39, 0.29) is 18.2 Å². The van der Waals surface area contributed by atoms with Gasteiger partial charge in [-0.05, 0) is 24.8 Å². The molecule has 104 valence electrons. The molecule has 0 heterocycles. The van der Waals surface area contributed by atoms with Gasteiger partial charge in [0.1, 0.15) is 0 Å². The summed E-state index contributed by atoms with van der Waals surface area (Å²) in [6.45, 7) is 0.437. The van der Waals surface area contributed by atoms with Crippen molar-refractivity contribution in [3.63, 3.8) is 0 Å². The number of benzene rings is 1. The fraction of sp³-hybridized carbons (Fsp3) is 0.462. The highest BCUT2D eigenvalue weighted by molar-refractivity contribution is 7.86. The molecule has 2 rings (SSSR count). The fourth-order valence-electron chi connectivity index (χ4n) is 2.38. The van der Waals surface area contributed by atoms with E-state index in [9.17, 15) is 13.2 Å². The first kappa shape index (κ1) is 14.0. The van der Waals surface area contributed by atoms with Gasteiger partial charge in [0.25, 0.3) is 10.1 Å². The van der Waals surface area contributed by atoms with Gasteiger partial charge in [0.15, 0.2) is 0 Å². The average Bonchev–Trinajstić information content (AvgIpc) is 2.87. The Morgan fingerprint density at radius 3 is 2.53 bits per heavy atom. The number of amides is 1. The van der Waals surface area contributed by atoms with Gasteiger partial charge in [-0.25, -0.2) is 0 Å². The van der Waals surface area contributed by atoms with Gasteiger partial charge in [0.05, 0.1) is 5.25 Å². The van der Waals surface area contributed by atoms with Gasteiger partial charge in [-0.2, -0.15) is 8.42 Å². The van der Waals surface area contributed by atoms with Crippen molar-refractivity contribution in [2.24, 2.45) is 5.92 Å². The molecule has 1 aromatic rings. The summed E-state index contributed by atoms with van der Waals surface area (Å²) in [6, 6.07) is 9.52. The van der Waals surface area contributed by atoms with Crippen LogP contribution in [0.3, 0.4) is 0 Å². The summed E-state index contributed by atoms with van der Waals surface area (Å²) >= 11 is 0. The second-order valence-electron chi connectivity index (χ2n) is 4.85. The molecule has 2 atom stereocenters. The molecule has 0 aromatic heterocycles. The Morgan fingerprint density at radius 1 is 1.26 bits per heavy atom. The minimum atomic E-state index is -4.02. The molecule has 1 aliphatic rings. The van der Waals surface area contributed by atoms with Gasteiger partial charge in [0.2, 0.25) is 5.91 Å². The van der Waals surface area contributed by atoms with E-state index in [1.54, 1.807) is 0 Å². The lowest BCUT2D eigenvalue weighted by atomic mass is 10.1. The Balaban J connectivity index is 1.85. The van der Waals surface area contributed by atoms with Crippen molar-refractivity contribution in [2.45, 2.75) is 31.1 Å². The largest absolute Gasteiger partial charge is 0.352 e. The Morgan fingerprint density at radius 2 is 1.95 bits per heavy atom. The molecule has 2 unspecified atom stereocenters. The molecule has 1 aromatic carbocycles. The lowest BCUT2D eigenvalue weighted by molar-refractivity contribution is -0.124. The molecule has 0 bridgehead atoms. The summed E-state index contributed by atoms with van der Waals surface area (Å²) in [7, 11) is -4.02. The first-order valence-electron chi connectivity index (χ1n) is 6.25. The monoisotopic (exact) mass is 283 g/mol. The molecular formula is C13H17NO4S. The summed E-state index contributed by atoms with van der Waals surface area (Å²) in [4.78, 5) is 11.9. The number of rotatable bonds is 4. The lowest BCUT2D eigenvalue weighted by Gasteiger charge is -2.11. The third-order valence-electron chi connectivity index (χ3n) is 3.49. The Kier molecular flexibility index (Phi) is 4.21. The van der Waals surface area contributed by atoms with E-state index in [0.29, 0.717) is 19.4 Å². The van der Waals surface area contributed by atoms with Crippen LogP contribution in [-0.4, -0.2) is 24.1 Å². The van der Waals surface area contributed by atoms with Crippen molar-refractivity contribution in [2.75, 3.05) is 0 Å². The number of carbonyl (C=O) groups is 1. The fourth-order valence-corrected chi connectivity index (χ4v) is 3.29. The van der Waals surface area contributed by atoms with Gasteiger partial charge < -0.3 is 5.32 Å². The molecule has 6 heteroatoms. The molecule has 0 aliphatic heterocycles. The van der Waals surface area contributed by atoms with E-state index in [2.05, 4.69) is 5.32 Å². The molecule has 0 spiro atoms. The van der Waals surface area contributed by atoms with E-state index in [4.69, 9.17) is 4.55 Å². The molecule has 0 saturated heterocycles. The van der Waals surface area contributed by atoms with Crippen LogP contribution in [0.1, 0.15) is 24.8 Å². The standard InChI is InChI=1S/C13H17NO4S/c15-13(14-9-10-4-2-1-3-5-10)11-6-7-12(8-11)19(16,17)18/h1-5,11-12H,6-9H2,(H,14,15)(H,16,17,18). The first-order valence-corrected chi connectivity index (χ1v) is 7.75. The predicted molar refractivity (Wildman–Crippen MR) is 71.0 cm³/mol. The maximum Gasteiger partial charge on any atom is 0.267 e. The zero-order valence-electron chi connectivity index (χ0n) is 10.5. The molecular weight excluding hydrogens is 266 g/mol. The SMILES string of the molecule is O=C(NCc1ccccc1)C1CCC(S(=O)(=O)O)C1. The normalized spacial score (nSPS) is 23.2. The highest BCUT2D eigenvalue weighted by Crippen LogP contribution is 2.30. The summed E-state index contributed by atoms with van der Waals surface area (Å²) in [5, 5.41) is 2.01. The van der Waals surface area contributed by atoms with Crippen molar-refractivity contribution in [3.8, 4) is 0 Å². The van der Waals surface area contributed by atoms with Crippen molar-refractivity contribution in [1.82, 2.24) is 5.32 Å². The van der Waals surface area contributed by atoms with Crippen LogP contribution in [0.5, 0.6) is 0 Å². The minimum Gasteiger partial charge on any atom is -0.352 e. The molecule has 2 N–H and O–H groups in total. The molecule has 1 saturated carbocycles. The maximum atomic E-state index is 11.9. The van der Waals surface area contributed by atoms with Crippen LogP contribution < -0.4 is 5.32 Å². The second-order valence-corrected chi connectivity index (χ2v) is 6.55. The maximum absolute atomic E-state index is 11.9. The lowest BCUT2D eigenvalue weighted by Crippen LogP contribution is -2.29. The van der Waals surface area contributed by atoms with Gasteiger partial charge in [-0.1, -0.05) is 30.3 Å². The van der Waals surface area contributed by atoms with Gasteiger partial charge >= 0.3 is 0 Å². The van der Waals surface area contributed by atoms with E-state index in [1.165, 1.54) is 0 Å². The second kappa shape index (κ2) is 5.71. The number of hydrogen-bond donors (Lipinski definition) is 2. The Labute approximate surface area is 112 Å². The topological polar surface area (TPSA) is 83.5 Å². The Bertz CT molecular complexity index is 541. The third-order valence-corrected chi connectivity index (χ3v) is 4.76. The molecule has 19 heavy (non-hydrogen) atoms. The van der Waals surface area contributed by atoms with E-state index in [1.807, 2.05) is 30.3 Å². The van der Waals surface area contributed by atoms with E-state index < -0.39 is 15.4 Å². The van der Waals surface area contributed by atoms with Gasteiger partial charge in [-0.3, -0.25) is 9.35 Å².